The van der Waals surface area contributed by atoms with Crippen molar-refractivity contribution in [2.45, 2.75) is 20.0 Å². The molecule has 2 aromatic carbocycles. The molecule has 0 spiro atoms. The second-order valence-corrected chi connectivity index (χ2v) is 6.86. The summed E-state index contributed by atoms with van der Waals surface area (Å²) in [5.41, 5.74) is 2.14. The van der Waals surface area contributed by atoms with E-state index in [1.807, 2.05) is 68.4 Å². The maximum absolute atomic E-state index is 8.70. The van der Waals surface area contributed by atoms with E-state index < -0.39 is 0 Å². The summed E-state index contributed by atoms with van der Waals surface area (Å²) < 4.78 is 11.0. The second kappa shape index (κ2) is 9.22. The summed E-state index contributed by atoms with van der Waals surface area (Å²) in [4.78, 5) is 8.39. The van der Waals surface area contributed by atoms with Crippen molar-refractivity contribution in [1.29, 1.82) is 5.26 Å². The zero-order chi connectivity index (χ0) is 20.8. The Morgan fingerprint density at radius 3 is 2.52 bits per heavy atom. The van der Waals surface area contributed by atoms with Gasteiger partial charge in [-0.3, -0.25) is 9.97 Å². The van der Waals surface area contributed by atoms with Gasteiger partial charge in [-0.25, -0.2) is 0 Å². The molecule has 0 saturated heterocycles. The molecule has 0 aliphatic rings. The molecule has 2 heterocycles. The van der Waals surface area contributed by atoms with Crippen LogP contribution in [0.1, 0.15) is 19.4 Å². The van der Waals surface area contributed by atoms with Gasteiger partial charge in [0.25, 0.3) is 0 Å². The maximum Gasteiger partial charge on any atom is 0.163 e. The fraction of sp³-hybridized carbons (Fsp3) is 0.174. The van der Waals surface area contributed by atoms with Crippen molar-refractivity contribution in [3.05, 3.63) is 71.5 Å². The van der Waals surface area contributed by atoms with Crippen LogP contribution in [0.25, 0.3) is 21.8 Å². The minimum Gasteiger partial charge on any atom is -0.493 e. The predicted octanol–water partition coefficient (Wildman–Crippen LogP) is 5.79. The van der Waals surface area contributed by atoms with Crippen LogP contribution in [-0.4, -0.2) is 23.2 Å². The number of hydrogen-bond donors (Lipinski definition) is 0. The number of para-hydroxylation sites is 1. The number of pyridine rings is 2. The Bertz CT molecular complexity index is 1190. The molecule has 4 aromatic rings. The second-order valence-electron chi connectivity index (χ2n) is 6.48. The van der Waals surface area contributed by atoms with Gasteiger partial charge in [0.15, 0.2) is 11.5 Å². The molecule has 29 heavy (non-hydrogen) atoms. The van der Waals surface area contributed by atoms with E-state index in [1.54, 1.807) is 13.3 Å². The van der Waals surface area contributed by atoms with Crippen molar-refractivity contribution in [3.8, 4) is 17.6 Å². The molecule has 0 atom stereocenters. The van der Waals surface area contributed by atoms with Gasteiger partial charge in [0, 0.05) is 29.2 Å². The molecule has 0 radical (unpaired) electrons. The van der Waals surface area contributed by atoms with Crippen molar-refractivity contribution in [2.24, 2.45) is 0 Å². The molecule has 0 aliphatic heterocycles. The van der Waals surface area contributed by atoms with Crippen molar-refractivity contribution in [1.82, 2.24) is 9.97 Å². The van der Waals surface area contributed by atoms with Crippen LogP contribution >= 0.6 is 11.6 Å². The highest BCUT2D eigenvalue weighted by Crippen LogP contribution is 2.32. The van der Waals surface area contributed by atoms with Crippen LogP contribution in [0.15, 0.2) is 60.9 Å². The topological polar surface area (TPSA) is 68.0 Å². The highest BCUT2D eigenvalue weighted by Gasteiger charge is 2.08. The van der Waals surface area contributed by atoms with Crippen molar-refractivity contribution in [3.63, 3.8) is 0 Å². The van der Waals surface area contributed by atoms with Gasteiger partial charge in [0.2, 0.25) is 0 Å². The van der Waals surface area contributed by atoms with E-state index in [2.05, 4.69) is 9.97 Å². The van der Waals surface area contributed by atoms with Gasteiger partial charge in [-0.05, 0) is 32.0 Å². The van der Waals surface area contributed by atoms with Gasteiger partial charge in [0.05, 0.1) is 34.8 Å². The number of fused-ring (bicyclic) bond motifs is 2. The molecule has 0 N–H and O–H groups in total. The number of benzene rings is 2. The standard InChI is InChI=1S/C13H15NO2.C10H5ClN2/c1-9(2)16-13-8-11-10(5-4-6-14-11)7-12(13)15-3;11-10-7(5-12)6-13-9-4-2-1-3-8(9)10/h4-9H,1-3H3;1-4,6H. The van der Waals surface area contributed by atoms with Crippen LogP contribution in [0.5, 0.6) is 11.5 Å². The molecule has 0 fully saturated rings. The lowest BCUT2D eigenvalue weighted by Gasteiger charge is -2.14. The molecular weight excluding hydrogens is 386 g/mol. The zero-order valence-corrected chi connectivity index (χ0v) is 17.1. The number of nitrogens with zero attached hydrogens (tertiary/aromatic N) is 3. The van der Waals surface area contributed by atoms with Crippen molar-refractivity contribution >= 4 is 33.4 Å². The highest BCUT2D eigenvalue weighted by atomic mass is 35.5. The van der Waals surface area contributed by atoms with Gasteiger partial charge in [0.1, 0.15) is 6.07 Å². The lowest BCUT2D eigenvalue weighted by molar-refractivity contribution is 0.230. The van der Waals surface area contributed by atoms with Gasteiger partial charge in [-0.2, -0.15) is 5.26 Å². The molecule has 0 amide bonds. The van der Waals surface area contributed by atoms with E-state index in [9.17, 15) is 0 Å². The first-order valence-electron chi connectivity index (χ1n) is 9.06. The lowest BCUT2D eigenvalue weighted by atomic mass is 10.2. The number of ether oxygens (including phenoxy) is 2. The first-order valence-corrected chi connectivity index (χ1v) is 9.44. The largest absolute Gasteiger partial charge is 0.493 e. The number of nitriles is 1. The minimum atomic E-state index is 0.120. The molecular formula is C23H20ClN3O2. The summed E-state index contributed by atoms with van der Waals surface area (Å²) in [5.74, 6) is 1.48. The fourth-order valence-corrected chi connectivity index (χ4v) is 3.02. The number of aromatic nitrogens is 2. The van der Waals surface area contributed by atoms with E-state index in [4.69, 9.17) is 26.3 Å². The van der Waals surface area contributed by atoms with E-state index in [0.717, 1.165) is 33.3 Å². The molecule has 0 unspecified atom stereocenters. The van der Waals surface area contributed by atoms with Crippen LogP contribution in [0, 0.1) is 11.3 Å². The molecule has 2 aromatic heterocycles. The molecule has 0 saturated carbocycles. The van der Waals surface area contributed by atoms with E-state index in [0.29, 0.717) is 10.6 Å². The molecule has 6 heteroatoms. The summed E-state index contributed by atoms with van der Waals surface area (Å²) in [6.45, 7) is 3.98. The Kier molecular flexibility index (Phi) is 6.48. The van der Waals surface area contributed by atoms with Crippen LogP contribution in [-0.2, 0) is 0 Å². The first-order chi connectivity index (χ1) is 14.0. The molecule has 146 valence electrons. The SMILES string of the molecule is COc1cc2cccnc2cc1OC(C)C.N#Cc1cnc2ccccc2c1Cl. The van der Waals surface area contributed by atoms with Crippen LogP contribution < -0.4 is 9.47 Å². The van der Waals surface area contributed by atoms with Gasteiger partial charge >= 0.3 is 0 Å². The zero-order valence-electron chi connectivity index (χ0n) is 16.4. The number of rotatable bonds is 3. The maximum atomic E-state index is 8.70. The Labute approximate surface area is 174 Å². The van der Waals surface area contributed by atoms with Gasteiger partial charge in [-0.15, -0.1) is 0 Å². The predicted molar refractivity (Wildman–Crippen MR) is 116 cm³/mol. The molecule has 0 bridgehead atoms. The third-order valence-electron chi connectivity index (χ3n) is 4.08. The monoisotopic (exact) mass is 405 g/mol. The Hall–Kier alpha value is -3.36. The lowest BCUT2D eigenvalue weighted by Crippen LogP contribution is -2.06. The summed E-state index contributed by atoms with van der Waals surface area (Å²) in [7, 11) is 1.64. The quantitative estimate of drug-likeness (QED) is 0.431. The van der Waals surface area contributed by atoms with E-state index in [1.165, 1.54) is 6.20 Å². The average Bonchev–Trinajstić information content (AvgIpc) is 2.74. The van der Waals surface area contributed by atoms with Gasteiger partial charge in [-0.1, -0.05) is 35.9 Å². The summed E-state index contributed by atoms with van der Waals surface area (Å²) >= 11 is 5.98. The van der Waals surface area contributed by atoms with Crippen molar-refractivity contribution in [2.75, 3.05) is 7.11 Å². The van der Waals surface area contributed by atoms with E-state index >= 15 is 0 Å². The smallest absolute Gasteiger partial charge is 0.163 e. The Balaban J connectivity index is 0.000000169. The highest BCUT2D eigenvalue weighted by molar-refractivity contribution is 6.36. The van der Waals surface area contributed by atoms with Crippen molar-refractivity contribution < 1.29 is 9.47 Å². The van der Waals surface area contributed by atoms with Crippen LogP contribution in [0.2, 0.25) is 5.02 Å². The summed E-state index contributed by atoms with van der Waals surface area (Å²) in [6, 6.07) is 17.2. The van der Waals surface area contributed by atoms with Crippen LogP contribution in [0.4, 0.5) is 0 Å². The Morgan fingerprint density at radius 1 is 1.00 bits per heavy atom. The van der Waals surface area contributed by atoms with E-state index in [-0.39, 0.29) is 6.10 Å². The third kappa shape index (κ3) is 4.74. The first kappa shape index (κ1) is 20.4. The van der Waals surface area contributed by atoms with Gasteiger partial charge < -0.3 is 9.47 Å². The normalized spacial score (nSPS) is 10.3. The Morgan fingerprint density at radius 2 is 1.79 bits per heavy atom. The summed E-state index contributed by atoms with van der Waals surface area (Å²) in [5, 5.41) is 11.1. The molecule has 5 nitrogen and oxygen atoms in total. The number of methoxy groups -OCH3 is 1. The molecule has 0 aliphatic carbocycles. The summed E-state index contributed by atoms with van der Waals surface area (Å²) in [6.07, 6.45) is 3.38. The van der Waals surface area contributed by atoms with Crippen LogP contribution in [0.3, 0.4) is 0 Å². The number of hydrogen-bond acceptors (Lipinski definition) is 5. The fourth-order valence-electron chi connectivity index (χ4n) is 2.77. The minimum absolute atomic E-state index is 0.120. The average molecular weight is 406 g/mol. The third-order valence-corrected chi connectivity index (χ3v) is 4.49. The molecule has 4 rings (SSSR count). The number of halogens is 1.